The van der Waals surface area contributed by atoms with Crippen LogP contribution in [0.25, 0.3) is 0 Å². The van der Waals surface area contributed by atoms with Crippen LogP contribution >= 0.6 is 0 Å². The van der Waals surface area contributed by atoms with Crippen molar-refractivity contribution in [2.45, 2.75) is 19.8 Å². The van der Waals surface area contributed by atoms with Gasteiger partial charge in [-0.25, -0.2) is 5.43 Å². The maximum absolute atomic E-state index is 11.6. The lowest BCUT2D eigenvalue weighted by Gasteiger charge is -2.04. The monoisotopic (exact) mass is 243 g/mol. The van der Waals surface area contributed by atoms with Crippen LogP contribution in [0.4, 0.5) is 5.69 Å². The molecule has 1 aliphatic carbocycles. The molecule has 0 saturated carbocycles. The highest BCUT2D eigenvalue weighted by atomic mass is 16.2. The molecule has 1 aliphatic rings. The van der Waals surface area contributed by atoms with Gasteiger partial charge in [0, 0.05) is 5.69 Å². The van der Waals surface area contributed by atoms with Gasteiger partial charge in [-0.05, 0) is 38.0 Å². The van der Waals surface area contributed by atoms with E-state index in [4.69, 9.17) is 0 Å². The Morgan fingerprint density at radius 2 is 2.06 bits per heavy atom. The summed E-state index contributed by atoms with van der Waals surface area (Å²) in [5, 5.41) is 7.12. The third-order valence-electron chi connectivity index (χ3n) is 2.74. The van der Waals surface area contributed by atoms with Gasteiger partial charge in [-0.15, -0.1) is 0 Å². The summed E-state index contributed by atoms with van der Waals surface area (Å²) in [4.78, 5) is 11.6. The summed E-state index contributed by atoms with van der Waals surface area (Å²) < 4.78 is 0. The van der Waals surface area contributed by atoms with Crippen molar-refractivity contribution in [2.24, 2.45) is 5.10 Å². The molecule has 0 bridgehead atoms. The number of amides is 1. The largest absolute Gasteiger partial charge is 0.376 e. The Morgan fingerprint density at radius 3 is 2.72 bits per heavy atom. The highest BCUT2D eigenvalue weighted by Crippen LogP contribution is 2.14. The number of allylic oxidation sites excluding steroid dienone is 2. The van der Waals surface area contributed by atoms with Crippen molar-refractivity contribution in [3.63, 3.8) is 0 Å². The summed E-state index contributed by atoms with van der Waals surface area (Å²) in [6, 6.07) is 9.62. The molecule has 94 valence electrons. The number of hydrazone groups is 1. The number of para-hydroxylation sites is 1. The van der Waals surface area contributed by atoms with E-state index in [9.17, 15) is 4.79 Å². The van der Waals surface area contributed by atoms with Crippen molar-refractivity contribution in [3.05, 3.63) is 42.0 Å². The molecule has 1 amide bonds. The van der Waals surface area contributed by atoms with Crippen molar-refractivity contribution in [2.75, 3.05) is 11.9 Å². The van der Waals surface area contributed by atoms with Gasteiger partial charge in [-0.3, -0.25) is 4.79 Å². The first kappa shape index (κ1) is 12.4. The Balaban J connectivity index is 1.76. The van der Waals surface area contributed by atoms with Gasteiger partial charge >= 0.3 is 0 Å². The molecule has 0 atom stereocenters. The molecule has 4 heteroatoms. The van der Waals surface area contributed by atoms with Gasteiger partial charge in [0.1, 0.15) is 0 Å². The zero-order valence-corrected chi connectivity index (χ0v) is 10.4. The van der Waals surface area contributed by atoms with Gasteiger partial charge in [0.05, 0.1) is 12.3 Å². The van der Waals surface area contributed by atoms with E-state index in [0.29, 0.717) is 0 Å². The van der Waals surface area contributed by atoms with E-state index in [1.807, 2.05) is 36.4 Å². The molecule has 4 nitrogen and oxygen atoms in total. The first-order valence-corrected chi connectivity index (χ1v) is 6.05. The van der Waals surface area contributed by atoms with E-state index in [2.05, 4.69) is 22.8 Å². The van der Waals surface area contributed by atoms with Gasteiger partial charge in [0.2, 0.25) is 0 Å². The maximum Gasteiger partial charge on any atom is 0.259 e. The number of nitrogens with one attached hydrogen (secondary N) is 2. The van der Waals surface area contributed by atoms with Crippen molar-refractivity contribution in [1.82, 2.24) is 5.43 Å². The zero-order chi connectivity index (χ0) is 12.8. The first-order chi connectivity index (χ1) is 8.74. The minimum atomic E-state index is -0.135. The molecular weight excluding hydrogens is 226 g/mol. The molecule has 2 rings (SSSR count). The number of hydrogen-bond acceptors (Lipinski definition) is 3. The molecule has 0 spiro atoms. The predicted molar refractivity (Wildman–Crippen MR) is 73.5 cm³/mol. The molecule has 0 fully saturated rings. The normalized spacial score (nSPS) is 16.5. The molecular formula is C14H17N3O. The van der Waals surface area contributed by atoms with E-state index in [1.165, 1.54) is 5.57 Å². The maximum atomic E-state index is 11.6. The topological polar surface area (TPSA) is 53.5 Å². The Bertz CT molecular complexity index is 477. The SMILES string of the molecule is CC1=C/C(=N\NC(=O)CNc2ccccc2)CC1. The van der Waals surface area contributed by atoms with E-state index >= 15 is 0 Å². The second kappa shape index (κ2) is 6.00. The average Bonchev–Trinajstić information content (AvgIpc) is 2.81. The summed E-state index contributed by atoms with van der Waals surface area (Å²) in [5.74, 6) is -0.135. The molecule has 0 unspecified atom stereocenters. The second-order valence-electron chi connectivity index (χ2n) is 4.35. The molecule has 18 heavy (non-hydrogen) atoms. The third-order valence-corrected chi connectivity index (χ3v) is 2.74. The number of carbonyl (C=O) groups excluding carboxylic acids is 1. The van der Waals surface area contributed by atoms with Crippen LogP contribution in [-0.2, 0) is 4.79 Å². The third kappa shape index (κ3) is 3.73. The van der Waals surface area contributed by atoms with Gasteiger partial charge in [0.25, 0.3) is 5.91 Å². The van der Waals surface area contributed by atoms with Crippen molar-refractivity contribution in [1.29, 1.82) is 0 Å². The number of rotatable bonds is 4. The summed E-state index contributed by atoms with van der Waals surface area (Å²) >= 11 is 0. The first-order valence-electron chi connectivity index (χ1n) is 6.05. The fourth-order valence-electron chi connectivity index (χ4n) is 1.75. The predicted octanol–water partition coefficient (Wildman–Crippen LogP) is 2.31. The van der Waals surface area contributed by atoms with Crippen LogP contribution in [0.3, 0.4) is 0 Å². The van der Waals surface area contributed by atoms with Gasteiger partial charge in [0.15, 0.2) is 0 Å². The van der Waals surface area contributed by atoms with Crippen LogP contribution < -0.4 is 10.7 Å². The highest BCUT2D eigenvalue weighted by molar-refractivity contribution is 5.98. The van der Waals surface area contributed by atoms with Crippen molar-refractivity contribution in [3.8, 4) is 0 Å². The van der Waals surface area contributed by atoms with Crippen LogP contribution in [-0.4, -0.2) is 18.2 Å². The molecule has 0 radical (unpaired) electrons. The van der Waals surface area contributed by atoms with Crippen molar-refractivity contribution >= 4 is 17.3 Å². The number of anilines is 1. The van der Waals surface area contributed by atoms with E-state index in [0.717, 1.165) is 24.2 Å². The zero-order valence-electron chi connectivity index (χ0n) is 10.4. The molecule has 0 aromatic heterocycles. The van der Waals surface area contributed by atoms with Gasteiger partial charge in [-0.1, -0.05) is 23.8 Å². The van der Waals surface area contributed by atoms with E-state index in [-0.39, 0.29) is 12.5 Å². The summed E-state index contributed by atoms with van der Waals surface area (Å²) in [6.07, 6.45) is 3.97. The molecule has 2 N–H and O–H groups in total. The molecule has 0 aliphatic heterocycles. The van der Waals surface area contributed by atoms with E-state index in [1.54, 1.807) is 0 Å². The lowest BCUT2D eigenvalue weighted by molar-refractivity contribution is -0.119. The second-order valence-corrected chi connectivity index (χ2v) is 4.35. The lowest BCUT2D eigenvalue weighted by atomic mass is 10.3. The van der Waals surface area contributed by atoms with Crippen LogP contribution in [0.1, 0.15) is 19.8 Å². The molecule has 0 heterocycles. The Labute approximate surface area is 107 Å². The average molecular weight is 243 g/mol. The molecule has 1 aromatic carbocycles. The number of carbonyl (C=O) groups is 1. The number of nitrogens with zero attached hydrogens (tertiary/aromatic N) is 1. The fourth-order valence-corrected chi connectivity index (χ4v) is 1.75. The van der Waals surface area contributed by atoms with Crippen LogP contribution in [0.15, 0.2) is 47.1 Å². The highest BCUT2D eigenvalue weighted by Gasteiger charge is 2.07. The number of hydrogen-bond donors (Lipinski definition) is 2. The standard InChI is InChI=1S/C14H17N3O/c1-11-7-8-13(9-11)16-17-14(18)10-15-12-5-3-2-4-6-12/h2-6,9,15H,7-8,10H2,1H3,(H,17,18)/b16-13-. The molecule has 1 aromatic rings. The summed E-state index contributed by atoms with van der Waals surface area (Å²) in [7, 11) is 0. The van der Waals surface area contributed by atoms with Crippen molar-refractivity contribution < 1.29 is 4.79 Å². The van der Waals surface area contributed by atoms with Gasteiger partial charge in [-0.2, -0.15) is 5.10 Å². The Hall–Kier alpha value is -2.10. The van der Waals surface area contributed by atoms with Crippen LogP contribution in [0, 0.1) is 0 Å². The summed E-state index contributed by atoms with van der Waals surface area (Å²) in [6.45, 7) is 2.30. The smallest absolute Gasteiger partial charge is 0.259 e. The lowest BCUT2D eigenvalue weighted by Crippen LogP contribution is -2.26. The Kier molecular flexibility index (Phi) is 4.12. The quantitative estimate of drug-likeness (QED) is 0.797. The Morgan fingerprint density at radius 1 is 1.28 bits per heavy atom. The number of benzene rings is 1. The molecule has 0 saturated heterocycles. The minimum Gasteiger partial charge on any atom is -0.376 e. The minimum absolute atomic E-state index is 0.135. The van der Waals surface area contributed by atoms with Crippen LogP contribution in [0.2, 0.25) is 0 Å². The van der Waals surface area contributed by atoms with Crippen LogP contribution in [0.5, 0.6) is 0 Å². The summed E-state index contributed by atoms with van der Waals surface area (Å²) in [5.41, 5.74) is 5.74. The van der Waals surface area contributed by atoms with E-state index < -0.39 is 0 Å². The fraction of sp³-hybridized carbons (Fsp3) is 0.286. The van der Waals surface area contributed by atoms with Gasteiger partial charge < -0.3 is 5.32 Å².